The molecule has 0 aliphatic heterocycles. The molecule has 1 aromatic rings. The first kappa shape index (κ1) is 13.0. The number of nitrogens with one attached hydrogen (secondary N) is 1. The molecule has 0 fully saturated rings. The highest BCUT2D eigenvalue weighted by atomic mass is 79.9. The molecule has 0 unspecified atom stereocenters. The molecule has 5 heteroatoms. The smallest absolute Gasteiger partial charge is 0.251 e. The third kappa shape index (κ3) is 3.21. The summed E-state index contributed by atoms with van der Waals surface area (Å²) in [5.74, 6) is -0.137. The molecular formula is C11H15BrN2O2. The zero-order chi connectivity index (χ0) is 12.1. The van der Waals surface area contributed by atoms with E-state index in [0.29, 0.717) is 24.4 Å². The van der Waals surface area contributed by atoms with E-state index >= 15 is 0 Å². The quantitative estimate of drug-likeness (QED) is 0.654. The Morgan fingerprint density at radius 3 is 2.88 bits per heavy atom. The Kier molecular flexibility index (Phi) is 4.76. The molecule has 0 aliphatic carbocycles. The summed E-state index contributed by atoms with van der Waals surface area (Å²) in [4.78, 5) is 11.8. The van der Waals surface area contributed by atoms with E-state index in [-0.39, 0.29) is 5.91 Å². The van der Waals surface area contributed by atoms with Crippen LogP contribution >= 0.6 is 15.9 Å². The predicted octanol–water partition coefficient (Wildman–Crippen LogP) is 1.72. The monoisotopic (exact) mass is 286 g/mol. The lowest BCUT2D eigenvalue weighted by Gasteiger charge is -2.10. The van der Waals surface area contributed by atoms with E-state index in [1.807, 2.05) is 6.92 Å². The van der Waals surface area contributed by atoms with E-state index in [0.717, 1.165) is 10.0 Å². The number of methoxy groups -OCH3 is 1. The Morgan fingerprint density at radius 1 is 1.56 bits per heavy atom. The second-order valence-electron chi connectivity index (χ2n) is 3.42. The molecule has 0 heterocycles. The highest BCUT2D eigenvalue weighted by Gasteiger charge is 2.11. The van der Waals surface area contributed by atoms with Crippen molar-refractivity contribution in [2.24, 2.45) is 0 Å². The lowest BCUT2D eigenvalue weighted by atomic mass is 10.1. The normalized spacial score (nSPS) is 10.2. The van der Waals surface area contributed by atoms with Gasteiger partial charge < -0.3 is 15.8 Å². The second-order valence-corrected chi connectivity index (χ2v) is 4.33. The van der Waals surface area contributed by atoms with Crippen LogP contribution < -0.4 is 11.1 Å². The van der Waals surface area contributed by atoms with Crippen molar-refractivity contribution in [2.75, 3.05) is 26.0 Å². The van der Waals surface area contributed by atoms with Crippen LogP contribution in [-0.4, -0.2) is 26.2 Å². The number of anilines is 1. The zero-order valence-corrected chi connectivity index (χ0v) is 10.9. The first-order valence-electron chi connectivity index (χ1n) is 4.89. The Balaban J connectivity index is 2.82. The maximum absolute atomic E-state index is 11.8. The minimum atomic E-state index is -0.137. The van der Waals surface area contributed by atoms with Crippen molar-refractivity contribution in [1.29, 1.82) is 0 Å². The molecule has 88 valence electrons. The number of amides is 1. The van der Waals surface area contributed by atoms with Gasteiger partial charge in [0.1, 0.15) is 0 Å². The molecule has 0 aliphatic rings. The number of ether oxygens (including phenoxy) is 1. The number of hydrogen-bond donors (Lipinski definition) is 2. The number of benzene rings is 1. The molecule has 0 saturated heterocycles. The van der Waals surface area contributed by atoms with Gasteiger partial charge in [-0.1, -0.05) is 15.9 Å². The number of halogens is 1. The van der Waals surface area contributed by atoms with Crippen LogP contribution in [0.2, 0.25) is 0 Å². The van der Waals surface area contributed by atoms with Gasteiger partial charge in [0.15, 0.2) is 0 Å². The molecule has 0 radical (unpaired) electrons. The number of carbonyl (C=O) groups excluding carboxylic acids is 1. The fourth-order valence-corrected chi connectivity index (χ4v) is 1.77. The van der Waals surface area contributed by atoms with Crippen molar-refractivity contribution in [2.45, 2.75) is 6.92 Å². The summed E-state index contributed by atoms with van der Waals surface area (Å²) in [5.41, 5.74) is 7.76. The summed E-state index contributed by atoms with van der Waals surface area (Å²) in [6.45, 7) is 2.81. The zero-order valence-electron chi connectivity index (χ0n) is 9.34. The van der Waals surface area contributed by atoms with Crippen LogP contribution in [-0.2, 0) is 4.74 Å². The fraction of sp³-hybridized carbons (Fsp3) is 0.364. The molecule has 0 aromatic heterocycles. The Hall–Kier alpha value is -1.07. The number of nitrogen functional groups attached to an aromatic ring is 1. The SMILES string of the molecule is COCCNC(=O)c1cc(Br)cc(N)c1C. The van der Waals surface area contributed by atoms with Crippen LogP contribution in [0.4, 0.5) is 5.69 Å². The van der Waals surface area contributed by atoms with Crippen LogP contribution in [0.1, 0.15) is 15.9 Å². The van der Waals surface area contributed by atoms with E-state index in [9.17, 15) is 4.79 Å². The first-order chi connectivity index (χ1) is 7.56. The summed E-state index contributed by atoms with van der Waals surface area (Å²) in [5, 5.41) is 2.75. The second kappa shape index (κ2) is 5.86. The van der Waals surface area contributed by atoms with Crippen molar-refractivity contribution in [3.63, 3.8) is 0 Å². The third-order valence-corrected chi connectivity index (χ3v) is 2.71. The molecule has 0 saturated carbocycles. The van der Waals surface area contributed by atoms with Crippen LogP contribution in [0.25, 0.3) is 0 Å². The number of carbonyl (C=O) groups is 1. The minimum absolute atomic E-state index is 0.137. The van der Waals surface area contributed by atoms with Crippen molar-refractivity contribution in [3.8, 4) is 0 Å². The van der Waals surface area contributed by atoms with Gasteiger partial charge in [-0.25, -0.2) is 0 Å². The van der Waals surface area contributed by atoms with Crippen LogP contribution in [0, 0.1) is 6.92 Å². The Labute approximate surface area is 103 Å². The summed E-state index contributed by atoms with van der Waals surface area (Å²) >= 11 is 3.31. The lowest BCUT2D eigenvalue weighted by Crippen LogP contribution is -2.27. The van der Waals surface area contributed by atoms with Gasteiger partial charge in [0, 0.05) is 29.4 Å². The third-order valence-electron chi connectivity index (χ3n) is 2.25. The lowest BCUT2D eigenvalue weighted by molar-refractivity contribution is 0.0936. The van der Waals surface area contributed by atoms with Gasteiger partial charge in [0.25, 0.3) is 5.91 Å². The highest BCUT2D eigenvalue weighted by molar-refractivity contribution is 9.10. The summed E-state index contributed by atoms with van der Waals surface area (Å²) in [6.07, 6.45) is 0. The molecule has 3 N–H and O–H groups in total. The molecule has 1 aromatic carbocycles. The average Bonchev–Trinajstić information content (AvgIpc) is 2.23. The Bertz CT molecular complexity index is 394. The maximum Gasteiger partial charge on any atom is 0.251 e. The fourth-order valence-electron chi connectivity index (χ4n) is 1.30. The van der Waals surface area contributed by atoms with Crippen molar-refractivity contribution in [3.05, 3.63) is 27.7 Å². The Morgan fingerprint density at radius 2 is 2.25 bits per heavy atom. The van der Waals surface area contributed by atoms with Gasteiger partial charge in [-0.05, 0) is 24.6 Å². The van der Waals surface area contributed by atoms with Crippen LogP contribution in [0.3, 0.4) is 0 Å². The van der Waals surface area contributed by atoms with Gasteiger partial charge in [-0.2, -0.15) is 0 Å². The topological polar surface area (TPSA) is 64.3 Å². The molecule has 1 rings (SSSR count). The predicted molar refractivity (Wildman–Crippen MR) is 67.5 cm³/mol. The van der Waals surface area contributed by atoms with Crippen molar-refractivity contribution in [1.82, 2.24) is 5.32 Å². The number of hydrogen-bond acceptors (Lipinski definition) is 3. The molecular weight excluding hydrogens is 272 g/mol. The molecule has 0 atom stereocenters. The molecule has 4 nitrogen and oxygen atoms in total. The summed E-state index contributed by atoms with van der Waals surface area (Å²) in [7, 11) is 1.59. The summed E-state index contributed by atoms with van der Waals surface area (Å²) in [6, 6.07) is 3.54. The van der Waals surface area contributed by atoms with Crippen molar-refractivity contribution < 1.29 is 9.53 Å². The van der Waals surface area contributed by atoms with E-state index in [2.05, 4.69) is 21.2 Å². The number of nitrogens with two attached hydrogens (primary N) is 1. The van der Waals surface area contributed by atoms with Crippen molar-refractivity contribution >= 4 is 27.5 Å². The van der Waals surface area contributed by atoms with E-state index in [4.69, 9.17) is 10.5 Å². The maximum atomic E-state index is 11.8. The van der Waals surface area contributed by atoms with Gasteiger partial charge in [0.2, 0.25) is 0 Å². The van der Waals surface area contributed by atoms with Crippen LogP contribution in [0.15, 0.2) is 16.6 Å². The van der Waals surface area contributed by atoms with Gasteiger partial charge >= 0.3 is 0 Å². The summed E-state index contributed by atoms with van der Waals surface area (Å²) < 4.78 is 5.66. The van der Waals surface area contributed by atoms with Gasteiger partial charge in [0.05, 0.1) is 6.61 Å². The van der Waals surface area contributed by atoms with E-state index in [1.54, 1.807) is 19.2 Å². The minimum Gasteiger partial charge on any atom is -0.398 e. The van der Waals surface area contributed by atoms with Gasteiger partial charge in [-0.15, -0.1) is 0 Å². The molecule has 0 spiro atoms. The van der Waals surface area contributed by atoms with Gasteiger partial charge in [-0.3, -0.25) is 4.79 Å². The molecule has 1 amide bonds. The van der Waals surface area contributed by atoms with Crippen LogP contribution in [0.5, 0.6) is 0 Å². The largest absolute Gasteiger partial charge is 0.398 e. The van der Waals surface area contributed by atoms with E-state index in [1.165, 1.54) is 0 Å². The van der Waals surface area contributed by atoms with E-state index < -0.39 is 0 Å². The highest BCUT2D eigenvalue weighted by Crippen LogP contribution is 2.22. The average molecular weight is 287 g/mol. The molecule has 0 bridgehead atoms. The standard InChI is InChI=1S/C11H15BrN2O2/c1-7-9(5-8(12)6-10(7)13)11(15)14-3-4-16-2/h5-6H,3-4,13H2,1-2H3,(H,14,15). The first-order valence-corrected chi connectivity index (χ1v) is 5.68. The molecule has 16 heavy (non-hydrogen) atoms. The number of rotatable bonds is 4.